The van der Waals surface area contributed by atoms with Crippen LogP contribution >= 0.6 is 0 Å². The third kappa shape index (κ3) is 4.36. The van der Waals surface area contributed by atoms with E-state index in [4.69, 9.17) is 13.6 Å². The van der Waals surface area contributed by atoms with Gasteiger partial charge in [0.1, 0.15) is 24.2 Å². The zero-order valence-electron chi connectivity index (χ0n) is 16.8. The van der Waals surface area contributed by atoms with Crippen LogP contribution < -0.4 is 10.1 Å². The van der Waals surface area contributed by atoms with Gasteiger partial charge in [-0.25, -0.2) is 0 Å². The molecule has 1 N–H and O–H groups in total. The molecule has 0 bridgehead atoms. The van der Waals surface area contributed by atoms with Gasteiger partial charge in [-0.1, -0.05) is 36.4 Å². The smallest absolute Gasteiger partial charge is 0.266 e. The number of aryl methyl sites for hydroxylation is 2. The largest absolute Gasteiger partial charge is 0.486 e. The van der Waals surface area contributed by atoms with E-state index in [9.17, 15) is 5.26 Å². The summed E-state index contributed by atoms with van der Waals surface area (Å²) in [6.45, 7) is 4.92. The lowest BCUT2D eigenvalue weighted by atomic mass is 10.1. The standard InChI is InChI=1S/C24H21N3O3/c1-16-8-9-19(12-17(16)2)28-15-20-10-11-22(29-20)24-27-21(13-25)23(30-24)26-14-18-6-4-3-5-7-18/h3-12,26H,14-15H2,1-2H3. The topological polar surface area (TPSA) is 84.2 Å². The van der Waals surface area contributed by atoms with Crippen molar-refractivity contribution in [2.45, 2.75) is 27.0 Å². The zero-order chi connectivity index (χ0) is 20.9. The summed E-state index contributed by atoms with van der Waals surface area (Å²) < 4.78 is 17.3. The van der Waals surface area contributed by atoms with Gasteiger partial charge in [-0.3, -0.25) is 0 Å². The Hall–Kier alpha value is -3.98. The molecule has 0 aliphatic carbocycles. The summed E-state index contributed by atoms with van der Waals surface area (Å²) in [6, 6.07) is 21.4. The summed E-state index contributed by atoms with van der Waals surface area (Å²) in [5.74, 6) is 2.43. The fraction of sp³-hybridized carbons (Fsp3) is 0.167. The Morgan fingerprint density at radius 3 is 2.60 bits per heavy atom. The van der Waals surface area contributed by atoms with E-state index in [0.29, 0.717) is 23.9 Å². The molecular formula is C24H21N3O3. The van der Waals surface area contributed by atoms with Crippen LogP contribution in [0.4, 0.5) is 5.88 Å². The minimum absolute atomic E-state index is 0.185. The highest BCUT2D eigenvalue weighted by molar-refractivity contribution is 5.54. The maximum absolute atomic E-state index is 9.37. The molecule has 0 saturated carbocycles. The molecule has 30 heavy (non-hydrogen) atoms. The van der Waals surface area contributed by atoms with Crippen LogP contribution in [0, 0.1) is 25.2 Å². The Morgan fingerprint density at radius 2 is 1.83 bits per heavy atom. The number of oxazole rings is 1. The van der Waals surface area contributed by atoms with Gasteiger partial charge >= 0.3 is 0 Å². The second-order valence-electron chi connectivity index (χ2n) is 6.95. The second kappa shape index (κ2) is 8.58. The molecule has 0 unspecified atom stereocenters. The summed E-state index contributed by atoms with van der Waals surface area (Å²) >= 11 is 0. The molecule has 0 atom stereocenters. The fourth-order valence-electron chi connectivity index (χ4n) is 2.93. The second-order valence-corrected chi connectivity index (χ2v) is 6.95. The van der Waals surface area contributed by atoms with Crippen molar-refractivity contribution in [2.24, 2.45) is 0 Å². The molecule has 150 valence electrons. The Kier molecular flexibility index (Phi) is 5.53. The Morgan fingerprint density at radius 1 is 1.00 bits per heavy atom. The maximum atomic E-state index is 9.37. The number of benzene rings is 2. The number of hydrogen-bond donors (Lipinski definition) is 1. The molecule has 0 amide bonds. The van der Waals surface area contributed by atoms with E-state index in [1.807, 2.05) is 61.5 Å². The van der Waals surface area contributed by atoms with Crippen LogP contribution in [-0.4, -0.2) is 4.98 Å². The fourth-order valence-corrected chi connectivity index (χ4v) is 2.93. The highest BCUT2D eigenvalue weighted by Crippen LogP contribution is 2.28. The van der Waals surface area contributed by atoms with E-state index in [1.54, 1.807) is 6.07 Å². The number of hydrogen-bond acceptors (Lipinski definition) is 6. The SMILES string of the molecule is Cc1ccc(OCc2ccc(-c3nc(C#N)c(NCc4ccccc4)o3)o2)cc1C. The normalized spacial score (nSPS) is 10.6. The van der Waals surface area contributed by atoms with Crippen LogP contribution in [0.15, 0.2) is 69.5 Å². The minimum atomic E-state index is 0.185. The van der Waals surface area contributed by atoms with Crippen LogP contribution in [0.1, 0.15) is 28.1 Å². The van der Waals surface area contributed by atoms with Gasteiger partial charge in [0.15, 0.2) is 5.76 Å². The monoisotopic (exact) mass is 399 g/mol. The highest BCUT2D eigenvalue weighted by Gasteiger charge is 2.17. The molecule has 0 radical (unpaired) electrons. The van der Waals surface area contributed by atoms with E-state index >= 15 is 0 Å². The molecule has 2 heterocycles. The van der Waals surface area contributed by atoms with Crippen LogP contribution in [0.3, 0.4) is 0 Å². The van der Waals surface area contributed by atoms with Crippen LogP contribution in [0.25, 0.3) is 11.7 Å². The van der Waals surface area contributed by atoms with Crippen molar-refractivity contribution in [3.63, 3.8) is 0 Å². The summed E-state index contributed by atoms with van der Waals surface area (Å²) in [5, 5.41) is 12.5. The number of furan rings is 1. The summed E-state index contributed by atoms with van der Waals surface area (Å²) in [5.41, 5.74) is 3.65. The predicted octanol–water partition coefficient (Wildman–Crippen LogP) is 5.61. The van der Waals surface area contributed by atoms with E-state index < -0.39 is 0 Å². The minimum Gasteiger partial charge on any atom is -0.486 e. The van der Waals surface area contributed by atoms with Crippen molar-refractivity contribution in [1.29, 1.82) is 5.26 Å². The molecule has 2 aromatic carbocycles. The summed E-state index contributed by atoms with van der Waals surface area (Å²) in [7, 11) is 0. The van der Waals surface area contributed by atoms with E-state index in [0.717, 1.165) is 11.3 Å². The van der Waals surface area contributed by atoms with Gasteiger partial charge in [0.05, 0.1) is 0 Å². The lowest BCUT2D eigenvalue weighted by Crippen LogP contribution is -1.99. The number of nitrogens with zero attached hydrogens (tertiary/aromatic N) is 2. The van der Waals surface area contributed by atoms with E-state index in [-0.39, 0.29) is 18.2 Å². The first kappa shape index (κ1) is 19.3. The predicted molar refractivity (Wildman–Crippen MR) is 113 cm³/mol. The van der Waals surface area contributed by atoms with Gasteiger partial charge in [-0.05, 0) is 54.8 Å². The molecular weight excluding hydrogens is 378 g/mol. The number of rotatable bonds is 7. The van der Waals surface area contributed by atoms with Gasteiger partial charge in [-0.15, -0.1) is 0 Å². The quantitative estimate of drug-likeness (QED) is 0.434. The lowest BCUT2D eigenvalue weighted by Gasteiger charge is -2.06. The number of nitrogens with one attached hydrogen (secondary N) is 1. The molecule has 0 aliphatic heterocycles. The van der Waals surface area contributed by atoms with Crippen molar-refractivity contribution in [2.75, 3.05) is 5.32 Å². The summed E-state index contributed by atoms with van der Waals surface area (Å²) in [6.07, 6.45) is 0. The first-order chi connectivity index (χ1) is 14.6. The van der Waals surface area contributed by atoms with Gasteiger partial charge in [0, 0.05) is 6.54 Å². The lowest BCUT2D eigenvalue weighted by molar-refractivity contribution is 0.271. The zero-order valence-corrected chi connectivity index (χ0v) is 16.8. The molecule has 4 rings (SSSR count). The average Bonchev–Trinajstić information content (AvgIpc) is 3.40. The third-order valence-electron chi connectivity index (χ3n) is 4.76. The van der Waals surface area contributed by atoms with Crippen molar-refractivity contribution in [3.05, 3.63) is 88.8 Å². The number of aromatic nitrogens is 1. The van der Waals surface area contributed by atoms with Gasteiger partial charge < -0.3 is 18.9 Å². The maximum Gasteiger partial charge on any atom is 0.266 e. The van der Waals surface area contributed by atoms with E-state index in [1.165, 1.54) is 11.1 Å². The Bertz CT molecular complexity index is 1190. The molecule has 0 saturated heterocycles. The molecule has 4 aromatic rings. The average molecular weight is 399 g/mol. The Balaban J connectivity index is 1.44. The molecule has 6 nitrogen and oxygen atoms in total. The van der Waals surface area contributed by atoms with Crippen molar-refractivity contribution >= 4 is 5.88 Å². The van der Waals surface area contributed by atoms with Crippen LogP contribution in [0.2, 0.25) is 0 Å². The Labute approximate surface area is 174 Å². The van der Waals surface area contributed by atoms with Crippen molar-refractivity contribution in [1.82, 2.24) is 4.98 Å². The number of nitriles is 1. The number of anilines is 1. The van der Waals surface area contributed by atoms with Crippen LogP contribution in [0.5, 0.6) is 5.75 Å². The molecule has 0 aliphatic rings. The summed E-state index contributed by atoms with van der Waals surface area (Å²) in [4.78, 5) is 4.24. The first-order valence-corrected chi connectivity index (χ1v) is 9.60. The van der Waals surface area contributed by atoms with Crippen molar-refractivity contribution < 1.29 is 13.6 Å². The molecule has 2 aromatic heterocycles. The molecule has 0 spiro atoms. The third-order valence-corrected chi connectivity index (χ3v) is 4.76. The van der Waals surface area contributed by atoms with Gasteiger partial charge in [0.2, 0.25) is 11.6 Å². The molecule has 6 heteroatoms. The van der Waals surface area contributed by atoms with E-state index in [2.05, 4.69) is 23.3 Å². The van der Waals surface area contributed by atoms with Gasteiger partial charge in [0.25, 0.3) is 5.89 Å². The first-order valence-electron chi connectivity index (χ1n) is 9.60. The van der Waals surface area contributed by atoms with Crippen LogP contribution in [-0.2, 0) is 13.2 Å². The highest BCUT2D eigenvalue weighted by atomic mass is 16.5. The van der Waals surface area contributed by atoms with Gasteiger partial charge in [-0.2, -0.15) is 10.2 Å². The van der Waals surface area contributed by atoms with Crippen molar-refractivity contribution in [3.8, 4) is 23.5 Å². The number of ether oxygens (including phenoxy) is 1. The molecule has 0 fully saturated rings.